The minimum atomic E-state index is -0.904. The molecule has 1 aromatic rings. The Hall–Kier alpha value is -0.290. The zero-order valence-corrected chi connectivity index (χ0v) is 8.48. The normalized spacial score (nSPS) is 10.0. The average Bonchev–Trinajstić information content (AvgIpc) is 2.10. The molecule has 1 N–H and O–H groups in total. The molecular weight excluding hydrogens is 280 g/mol. The van der Waals surface area contributed by atoms with Crippen molar-refractivity contribution >= 4 is 37.8 Å². The minimum Gasteiger partial charge on any atom is -0.481 e. The Bertz CT molecular complexity index is 260. The predicted octanol–water partition coefficient (Wildman–Crippen LogP) is 2.43. The Morgan fingerprint density at radius 2 is 2.27 bits per heavy atom. The summed E-state index contributed by atoms with van der Waals surface area (Å²) in [5.41, 5.74) is 0. The van der Waals surface area contributed by atoms with Gasteiger partial charge in [-0.15, -0.1) is 0 Å². The molecule has 0 aromatic carbocycles. The van der Waals surface area contributed by atoms with Crippen LogP contribution in [0.1, 0.15) is 5.76 Å². The van der Waals surface area contributed by atoms with E-state index in [1.165, 1.54) is 0 Å². The van der Waals surface area contributed by atoms with E-state index >= 15 is 0 Å². The highest BCUT2D eigenvalue weighted by Gasteiger charge is 2.08. The molecule has 5 heteroatoms. The van der Waals surface area contributed by atoms with Crippen LogP contribution in [-0.2, 0) is 11.2 Å². The van der Waals surface area contributed by atoms with Crippen LogP contribution in [-0.4, -0.2) is 11.1 Å². The third-order valence-corrected chi connectivity index (χ3v) is 2.73. The lowest BCUT2D eigenvalue weighted by molar-refractivity contribution is -0.136. The molecule has 60 valence electrons. The number of halogens is 2. The summed E-state index contributed by atoms with van der Waals surface area (Å²) in [6.07, 6.45) is -0.0931. The third-order valence-electron chi connectivity index (χ3n) is 1.02. The zero-order chi connectivity index (χ0) is 8.43. The topological polar surface area (TPSA) is 50.4 Å². The largest absolute Gasteiger partial charge is 0.481 e. The smallest absolute Gasteiger partial charge is 0.311 e. The van der Waals surface area contributed by atoms with Gasteiger partial charge in [-0.05, 0) is 37.9 Å². The molecule has 0 atom stereocenters. The number of carbonyl (C=O) groups is 1. The van der Waals surface area contributed by atoms with Crippen LogP contribution < -0.4 is 0 Å². The fourth-order valence-electron chi connectivity index (χ4n) is 0.628. The van der Waals surface area contributed by atoms with E-state index in [0.29, 0.717) is 10.4 Å². The molecule has 3 nitrogen and oxygen atoms in total. The lowest BCUT2D eigenvalue weighted by Gasteiger charge is -1.86. The molecule has 0 bridgehead atoms. The molecule has 0 amide bonds. The number of hydrogen-bond acceptors (Lipinski definition) is 2. The molecule has 0 saturated carbocycles. The van der Waals surface area contributed by atoms with Gasteiger partial charge in [0.25, 0.3) is 0 Å². The van der Waals surface area contributed by atoms with Crippen LogP contribution in [0.3, 0.4) is 0 Å². The molecule has 1 aromatic heterocycles. The number of aliphatic carboxylic acids is 1. The first-order valence-electron chi connectivity index (χ1n) is 2.75. The first kappa shape index (κ1) is 8.80. The second-order valence-corrected chi connectivity index (χ2v) is 3.48. The van der Waals surface area contributed by atoms with E-state index in [1.807, 2.05) is 0 Å². The number of carboxylic acid groups (broad SMARTS) is 1. The monoisotopic (exact) mass is 282 g/mol. The molecular formula is C6H4Br2O3. The number of rotatable bonds is 2. The van der Waals surface area contributed by atoms with E-state index in [-0.39, 0.29) is 6.42 Å². The second-order valence-electron chi connectivity index (χ2n) is 1.90. The lowest BCUT2D eigenvalue weighted by Crippen LogP contribution is -1.97. The van der Waals surface area contributed by atoms with Crippen LogP contribution in [0.25, 0.3) is 0 Å². The fraction of sp³-hybridized carbons (Fsp3) is 0.167. The highest BCUT2D eigenvalue weighted by Crippen LogP contribution is 2.26. The minimum absolute atomic E-state index is 0.0931. The van der Waals surface area contributed by atoms with Crippen molar-refractivity contribution in [1.29, 1.82) is 0 Å². The van der Waals surface area contributed by atoms with Gasteiger partial charge in [0.2, 0.25) is 0 Å². The van der Waals surface area contributed by atoms with Gasteiger partial charge in [0.15, 0.2) is 4.67 Å². The van der Waals surface area contributed by atoms with Gasteiger partial charge in [-0.3, -0.25) is 4.79 Å². The maximum absolute atomic E-state index is 10.2. The summed E-state index contributed by atoms with van der Waals surface area (Å²) in [5, 5.41) is 8.38. The van der Waals surface area contributed by atoms with Crippen LogP contribution in [0.15, 0.2) is 19.6 Å². The molecule has 1 rings (SSSR count). The summed E-state index contributed by atoms with van der Waals surface area (Å²) in [6, 6.07) is 1.62. The molecule has 1 heterocycles. The quantitative estimate of drug-likeness (QED) is 0.907. The highest BCUT2D eigenvalue weighted by atomic mass is 79.9. The summed E-state index contributed by atoms with van der Waals surface area (Å²) in [7, 11) is 0. The van der Waals surface area contributed by atoms with E-state index in [2.05, 4.69) is 31.9 Å². The maximum Gasteiger partial charge on any atom is 0.311 e. The number of furan rings is 1. The Morgan fingerprint density at radius 3 is 2.64 bits per heavy atom. The van der Waals surface area contributed by atoms with Gasteiger partial charge in [0.05, 0.1) is 4.47 Å². The van der Waals surface area contributed by atoms with E-state index in [1.54, 1.807) is 6.07 Å². The summed E-state index contributed by atoms with van der Waals surface area (Å²) in [4.78, 5) is 10.2. The standard InChI is InChI=1S/C6H4Br2O3/c7-4-1-3(2-5(9)10)11-6(4)8/h1H,2H2,(H,9,10). The van der Waals surface area contributed by atoms with Gasteiger partial charge in [0, 0.05) is 0 Å². The zero-order valence-electron chi connectivity index (χ0n) is 5.30. The van der Waals surface area contributed by atoms with Gasteiger partial charge in [-0.1, -0.05) is 0 Å². The Balaban J connectivity index is 2.81. The van der Waals surface area contributed by atoms with Gasteiger partial charge in [0.1, 0.15) is 12.2 Å². The van der Waals surface area contributed by atoms with Gasteiger partial charge < -0.3 is 9.52 Å². The van der Waals surface area contributed by atoms with E-state index in [9.17, 15) is 4.79 Å². The van der Waals surface area contributed by atoms with Crippen molar-refractivity contribution in [3.63, 3.8) is 0 Å². The van der Waals surface area contributed by atoms with Crippen LogP contribution in [0.4, 0.5) is 0 Å². The van der Waals surface area contributed by atoms with Crippen LogP contribution >= 0.6 is 31.9 Å². The molecule has 0 unspecified atom stereocenters. The van der Waals surface area contributed by atoms with Crippen molar-refractivity contribution in [2.24, 2.45) is 0 Å². The predicted molar refractivity (Wildman–Crippen MR) is 45.4 cm³/mol. The summed E-state index contributed by atoms with van der Waals surface area (Å²) >= 11 is 6.27. The summed E-state index contributed by atoms with van der Waals surface area (Å²) in [6.45, 7) is 0. The summed E-state index contributed by atoms with van der Waals surface area (Å²) in [5.74, 6) is -0.477. The van der Waals surface area contributed by atoms with Crippen LogP contribution in [0.5, 0.6) is 0 Å². The molecule has 0 spiro atoms. The Kier molecular flexibility index (Phi) is 2.72. The van der Waals surface area contributed by atoms with Crippen LogP contribution in [0.2, 0.25) is 0 Å². The lowest BCUT2D eigenvalue weighted by atomic mass is 10.3. The molecule has 0 saturated heterocycles. The molecule has 0 aliphatic rings. The van der Waals surface area contributed by atoms with Crippen molar-refractivity contribution < 1.29 is 14.3 Å². The summed E-state index contributed by atoms with van der Waals surface area (Å²) < 4.78 is 6.27. The van der Waals surface area contributed by atoms with Gasteiger partial charge in [-0.2, -0.15) is 0 Å². The van der Waals surface area contributed by atoms with Crippen molar-refractivity contribution in [2.45, 2.75) is 6.42 Å². The maximum atomic E-state index is 10.2. The SMILES string of the molecule is O=C(O)Cc1cc(Br)c(Br)o1. The van der Waals surface area contributed by atoms with Crippen LogP contribution in [0, 0.1) is 0 Å². The molecule has 0 fully saturated rings. The molecule has 11 heavy (non-hydrogen) atoms. The van der Waals surface area contributed by atoms with E-state index < -0.39 is 5.97 Å². The Morgan fingerprint density at radius 1 is 1.64 bits per heavy atom. The van der Waals surface area contributed by atoms with Crippen molar-refractivity contribution in [3.05, 3.63) is 21.0 Å². The second kappa shape index (κ2) is 3.40. The molecule has 0 aliphatic heterocycles. The molecule has 0 aliphatic carbocycles. The van der Waals surface area contributed by atoms with Crippen molar-refractivity contribution in [3.8, 4) is 0 Å². The first-order valence-corrected chi connectivity index (χ1v) is 4.33. The third kappa shape index (κ3) is 2.34. The average molecular weight is 284 g/mol. The van der Waals surface area contributed by atoms with Gasteiger partial charge >= 0.3 is 5.97 Å². The van der Waals surface area contributed by atoms with Gasteiger partial charge in [-0.25, -0.2) is 0 Å². The number of hydrogen-bond donors (Lipinski definition) is 1. The van der Waals surface area contributed by atoms with Crippen molar-refractivity contribution in [1.82, 2.24) is 0 Å². The number of carboxylic acids is 1. The Labute approximate surface area is 79.6 Å². The first-order chi connectivity index (χ1) is 5.09. The van der Waals surface area contributed by atoms with Crippen molar-refractivity contribution in [2.75, 3.05) is 0 Å². The van der Waals surface area contributed by atoms with E-state index in [4.69, 9.17) is 9.52 Å². The molecule has 0 radical (unpaired) electrons. The van der Waals surface area contributed by atoms with E-state index in [0.717, 1.165) is 4.47 Å². The fourth-order valence-corrected chi connectivity index (χ4v) is 1.29. The highest BCUT2D eigenvalue weighted by molar-refractivity contribution is 9.13.